The molecular formula is C15H21N. The molecule has 0 saturated heterocycles. The van der Waals surface area contributed by atoms with Crippen LogP contribution in [0.5, 0.6) is 0 Å². The van der Waals surface area contributed by atoms with Gasteiger partial charge in [0.2, 0.25) is 0 Å². The van der Waals surface area contributed by atoms with Gasteiger partial charge in [-0.1, -0.05) is 30.3 Å². The highest BCUT2D eigenvalue weighted by atomic mass is 14.9. The molecule has 0 bridgehead atoms. The van der Waals surface area contributed by atoms with E-state index in [1.165, 1.54) is 31.2 Å². The summed E-state index contributed by atoms with van der Waals surface area (Å²) < 4.78 is 0. The van der Waals surface area contributed by atoms with E-state index in [0.717, 1.165) is 17.8 Å². The molecule has 0 aromatic heterocycles. The van der Waals surface area contributed by atoms with Crippen LogP contribution in [-0.2, 0) is 6.42 Å². The maximum Gasteiger partial charge on any atom is 0.0133 e. The molecule has 86 valence electrons. The van der Waals surface area contributed by atoms with E-state index in [9.17, 15) is 0 Å². The van der Waals surface area contributed by atoms with E-state index < -0.39 is 0 Å². The summed E-state index contributed by atoms with van der Waals surface area (Å²) in [6, 6.07) is 11.6. The van der Waals surface area contributed by atoms with Gasteiger partial charge in [0.1, 0.15) is 0 Å². The molecule has 3 unspecified atom stereocenters. The lowest BCUT2D eigenvalue weighted by molar-refractivity contribution is 0.349. The molecule has 1 N–H and O–H groups in total. The number of rotatable bonds is 4. The third-order valence-corrected chi connectivity index (χ3v) is 4.52. The van der Waals surface area contributed by atoms with Crippen molar-refractivity contribution >= 4 is 0 Å². The van der Waals surface area contributed by atoms with Crippen molar-refractivity contribution in [2.24, 2.45) is 17.8 Å². The van der Waals surface area contributed by atoms with Gasteiger partial charge in [-0.2, -0.15) is 0 Å². The van der Waals surface area contributed by atoms with Crippen LogP contribution in [0.4, 0.5) is 0 Å². The summed E-state index contributed by atoms with van der Waals surface area (Å²) in [6.45, 7) is 0. The Morgan fingerprint density at radius 1 is 1.12 bits per heavy atom. The Labute approximate surface area is 98.3 Å². The number of hydrogen-bond acceptors (Lipinski definition) is 1. The maximum atomic E-state index is 3.53. The van der Waals surface area contributed by atoms with Crippen molar-refractivity contribution in [3.05, 3.63) is 35.9 Å². The molecule has 0 spiro atoms. The molecule has 0 amide bonds. The zero-order valence-corrected chi connectivity index (χ0v) is 10.0. The van der Waals surface area contributed by atoms with Crippen LogP contribution in [0, 0.1) is 17.8 Å². The van der Waals surface area contributed by atoms with Crippen molar-refractivity contribution < 1.29 is 0 Å². The van der Waals surface area contributed by atoms with Crippen LogP contribution >= 0.6 is 0 Å². The first kappa shape index (κ1) is 10.3. The molecule has 2 aliphatic rings. The minimum Gasteiger partial charge on any atom is -0.316 e. The van der Waals surface area contributed by atoms with Crippen LogP contribution in [0.2, 0.25) is 0 Å². The van der Waals surface area contributed by atoms with Crippen LogP contribution < -0.4 is 5.32 Å². The summed E-state index contributed by atoms with van der Waals surface area (Å²) in [5.74, 6) is 3.11. The van der Waals surface area contributed by atoms with Crippen molar-refractivity contribution in [2.45, 2.75) is 31.7 Å². The molecule has 16 heavy (non-hydrogen) atoms. The standard InChI is InChI=1S/C15H21N/c1-16-15(7-11-5-3-2-4-6-11)14-9-12-8-13(12)10-14/h2-6,12-16H,7-10H2,1H3. The highest BCUT2D eigenvalue weighted by Crippen LogP contribution is 2.55. The van der Waals surface area contributed by atoms with Gasteiger partial charge in [0.15, 0.2) is 0 Å². The molecule has 3 atom stereocenters. The van der Waals surface area contributed by atoms with Gasteiger partial charge in [0.05, 0.1) is 0 Å². The van der Waals surface area contributed by atoms with Crippen molar-refractivity contribution in [3.63, 3.8) is 0 Å². The van der Waals surface area contributed by atoms with E-state index >= 15 is 0 Å². The first-order valence-corrected chi connectivity index (χ1v) is 6.58. The highest BCUT2D eigenvalue weighted by Gasteiger charge is 2.47. The molecule has 2 fully saturated rings. The average Bonchev–Trinajstić information content (AvgIpc) is 2.94. The SMILES string of the molecule is CNC(Cc1ccccc1)C1CC2CC2C1. The average molecular weight is 215 g/mol. The van der Waals surface area contributed by atoms with Crippen LogP contribution in [0.25, 0.3) is 0 Å². The molecule has 1 nitrogen and oxygen atoms in total. The lowest BCUT2D eigenvalue weighted by Crippen LogP contribution is -2.35. The fourth-order valence-electron chi connectivity index (χ4n) is 3.46. The lowest BCUT2D eigenvalue weighted by Gasteiger charge is -2.24. The fraction of sp³-hybridized carbons (Fsp3) is 0.600. The third kappa shape index (κ3) is 2.01. The Morgan fingerprint density at radius 2 is 1.81 bits per heavy atom. The smallest absolute Gasteiger partial charge is 0.0133 e. The van der Waals surface area contributed by atoms with E-state index in [2.05, 4.69) is 42.7 Å². The van der Waals surface area contributed by atoms with Gasteiger partial charge in [0.25, 0.3) is 0 Å². The van der Waals surface area contributed by atoms with Crippen molar-refractivity contribution in [1.29, 1.82) is 0 Å². The first-order valence-electron chi connectivity index (χ1n) is 6.58. The van der Waals surface area contributed by atoms with Crippen LogP contribution in [0.15, 0.2) is 30.3 Å². The predicted molar refractivity (Wildman–Crippen MR) is 67.3 cm³/mol. The summed E-state index contributed by atoms with van der Waals surface area (Å²) in [7, 11) is 2.12. The Balaban J connectivity index is 1.63. The molecular weight excluding hydrogens is 194 g/mol. The van der Waals surface area contributed by atoms with Crippen molar-refractivity contribution in [1.82, 2.24) is 5.32 Å². The molecule has 0 heterocycles. The maximum absolute atomic E-state index is 3.53. The number of nitrogens with one attached hydrogen (secondary N) is 1. The van der Waals surface area contributed by atoms with Gasteiger partial charge in [-0.25, -0.2) is 0 Å². The van der Waals surface area contributed by atoms with E-state index in [1.54, 1.807) is 0 Å². The molecule has 1 aromatic carbocycles. The minimum atomic E-state index is 0.690. The molecule has 2 saturated carbocycles. The number of fused-ring (bicyclic) bond motifs is 1. The minimum absolute atomic E-state index is 0.690. The number of likely N-dealkylation sites (N-methyl/N-ethyl adjacent to an activating group) is 1. The molecule has 1 aromatic rings. The summed E-state index contributed by atoms with van der Waals surface area (Å²) in [5, 5.41) is 3.53. The molecule has 0 aliphatic heterocycles. The number of benzene rings is 1. The quantitative estimate of drug-likeness (QED) is 0.814. The van der Waals surface area contributed by atoms with Crippen molar-refractivity contribution in [3.8, 4) is 0 Å². The van der Waals surface area contributed by atoms with Crippen LogP contribution in [-0.4, -0.2) is 13.1 Å². The second-order valence-electron chi connectivity index (χ2n) is 5.57. The largest absolute Gasteiger partial charge is 0.316 e. The third-order valence-electron chi connectivity index (χ3n) is 4.52. The second-order valence-corrected chi connectivity index (χ2v) is 5.57. The topological polar surface area (TPSA) is 12.0 Å². The van der Waals surface area contributed by atoms with Gasteiger partial charge >= 0.3 is 0 Å². The van der Waals surface area contributed by atoms with Crippen LogP contribution in [0.3, 0.4) is 0 Å². The Bertz CT molecular complexity index is 336. The van der Waals surface area contributed by atoms with Gasteiger partial charge in [-0.3, -0.25) is 0 Å². The normalized spacial score (nSPS) is 33.4. The Hall–Kier alpha value is -0.820. The van der Waals surface area contributed by atoms with E-state index in [0.29, 0.717) is 6.04 Å². The Kier molecular flexibility index (Phi) is 2.72. The summed E-state index contributed by atoms with van der Waals surface area (Å²) in [5.41, 5.74) is 1.47. The van der Waals surface area contributed by atoms with Gasteiger partial charge < -0.3 is 5.32 Å². The van der Waals surface area contributed by atoms with E-state index in [-0.39, 0.29) is 0 Å². The molecule has 1 heteroatoms. The van der Waals surface area contributed by atoms with Gasteiger partial charge in [0, 0.05) is 6.04 Å². The summed E-state index contributed by atoms with van der Waals surface area (Å²) in [4.78, 5) is 0. The second kappa shape index (κ2) is 4.21. The summed E-state index contributed by atoms with van der Waals surface area (Å²) >= 11 is 0. The zero-order valence-electron chi connectivity index (χ0n) is 10.0. The van der Waals surface area contributed by atoms with E-state index in [1.807, 2.05) is 0 Å². The first-order chi connectivity index (χ1) is 7.86. The van der Waals surface area contributed by atoms with Crippen molar-refractivity contribution in [2.75, 3.05) is 7.05 Å². The molecule has 2 aliphatic carbocycles. The Morgan fingerprint density at radius 3 is 2.44 bits per heavy atom. The lowest BCUT2D eigenvalue weighted by atomic mass is 9.90. The fourth-order valence-corrected chi connectivity index (χ4v) is 3.46. The number of hydrogen-bond donors (Lipinski definition) is 1. The summed E-state index contributed by atoms with van der Waals surface area (Å²) in [6.07, 6.45) is 5.67. The predicted octanol–water partition coefficient (Wildman–Crippen LogP) is 2.86. The van der Waals surface area contributed by atoms with Gasteiger partial charge in [-0.05, 0) is 56.0 Å². The molecule has 0 radical (unpaired) electrons. The monoisotopic (exact) mass is 215 g/mol. The van der Waals surface area contributed by atoms with E-state index in [4.69, 9.17) is 0 Å². The van der Waals surface area contributed by atoms with Crippen LogP contribution in [0.1, 0.15) is 24.8 Å². The highest BCUT2D eigenvalue weighted by molar-refractivity contribution is 5.16. The zero-order chi connectivity index (χ0) is 11.0. The molecule has 3 rings (SSSR count). The van der Waals surface area contributed by atoms with Gasteiger partial charge in [-0.15, -0.1) is 0 Å².